The zero-order chi connectivity index (χ0) is 17.8. The number of carbonyl (C=O) groups is 2. The standard InChI is InChI=1S/C18H19FN2O3S/c1-24-12-7-8-13(14(19)10-12)17(22)20-21-18(23)16-9-11-5-3-2-4-6-15(11)25-16/h7-10H,2-6H2,1H3,(H,20,22)(H,21,23). The Morgan fingerprint density at radius 2 is 1.84 bits per heavy atom. The van der Waals surface area contributed by atoms with Crippen molar-refractivity contribution in [2.24, 2.45) is 0 Å². The molecule has 25 heavy (non-hydrogen) atoms. The van der Waals surface area contributed by atoms with Crippen LogP contribution in [0.3, 0.4) is 0 Å². The van der Waals surface area contributed by atoms with Crippen LogP contribution in [0, 0.1) is 5.82 Å². The molecule has 0 aliphatic heterocycles. The van der Waals surface area contributed by atoms with E-state index in [1.165, 1.54) is 47.4 Å². The number of benzene rings is 1. The van der Waals surface area contributed by atoms with Gasteiger partial charge in [0.05, 0.1) is 17.6 Å². The molecule has 2 amide bonds. The number of rotatable bonds is 3. The summed E-state index contributed by atoms with van der Waals surface area (Å²) in [6.07, 6.45) is 5.48. The molecule has 0 unspecified atom stereocenters. The SMILES string of the molecule is COc1ccc(C(=O)NNC(=O)c2cc3c(s2)CCCCC3)c(F)c1. The molecule has 0 fully saturated rings. The van der Waals surface area contributed by atoms with E-state index in [1.807, 2.05) is 6.07 Å². The van der Waals surface area contributed by atoms with Gasteiger partial charge in [0.25, 0.3) is 11.8 Å². The Balaban J connectivity index is 1.63. The fourth-order valence-electron chi connectivity index (χ4n) is 2.83. The monoisotopic (exact) mass is 362 g/mol. The molecule has 132 valence electrons. The van der Waals surface area contributed by atoms with Crippen LogP contribution >= 0.6 is 11.3 Å². The Morgan fingerprint density at radius 3 is 2.60 bits per heavy atom. The van der Waals surface area contributed by atoms with E-state index in [0.29, 0.717) is 10.6 Å². The molecule has 1 aliphatic rings. The largest absolute Gasteiger partial charge is 0.497 e. The third-order valence-electron chi connectivity index (χ3n) is 4.18. The van der Waals surface area contributed by atoms with Crippen LogP contribution in [-0.2, 0) is 12.8 Å². The maximum atomic E-state index is 13.9. The van der Waals surface area contributed by atoms with Gasteiger partial charge in [-0.05, 0) is 49.4 Å². The highest BCUT2D eigenvalue weighted by atomic mass is 32.1. The molecule has 0 atom stereocenters. The highest BCUT2D eigenvalue weighted by molar-refractivity contribution is 7.14. The van der Waals surface area contributed by atoms with Crippen LogP contribution in [-0.4, -0.2) is 18.9 Å². The predicted molar refractivity (Wildman–Crippen MR) is 93.5 cm³/mol. The average Bonchev–Trinajstić information content (AvgIpc) is 2.90. The van der Waals surface area contributed by atoms with Gasteiger partial charge in [0.15, 0.2) is 0 Å². The predicted octanol–water partition coefficient (Wildman–Crippen LogP) is 3.24. The van der Waals surface area contributed by atoms with Crippen LogP contribution in [0.4, 0.5) is 4.39 Å². The summed E-state index contributed by atoms with van der Waals surface area (Å²) in [6.45, 7) is 0. The van der Waals surface area contributed by atoms with Crippen LogP contribution in [0.25, 0.3) is 0 Å². The van der Waals surface area contributed by atoms with Crippen LogP contribution in [0.2, 0.25) is 0 Å². The molecule has 1 aromatic carbocycles. The molecule has 3 rings (SSSR count). The summed E-state index contributed by atoms with van der Waals surface area (Å²) in [7, 11) is 1.41. The van der Waals surface area contributed by atoms with E-state index >= 15 is 0 Å². The Morgan fingerprint density at radius 1 is 1.08 bits per heavy atom. The molecule has 1 heterocycles. The van der Waals surface area contributed by atoms with E-state index < -0.39 is 11.7 Å². The van der Waals surface area contributed by atoms with Crippen molar-refractivity contribution in [3.8, 4) is 5.75 Å². The van der Waals surface area contributed by atoms with Crippen molar-refractivity contribution in [1.82, 2.24) is 10.9 Å². The van der Waals surface area contributed by atoms with Gasteiger partial charge in [0.1, 0.15) is 11.6 Å². The number of amides is 2. The van der Waals surface area contributed by atoms with Crippen LogP contribution in [0.1, 0.15) is 49.7 Å². The van der Waals surface area contributed by atoms with Gasteiger partial charge >= 0.3 is 0 Å². The van der Waals surface area contributed by atoms with Crippen LogP contribution < -0.4 is 15.6 Å². The van der Waals surface area contributed by atoms with Gasteiger partial charge < -0.3 is 4.74 Å². The van der Waals surface area contributed by atoms with Crippen molar-refractivity contribution >= 4 is 23.2 Å². The lowest BCUT2D eigenvalue weighted by Crippen LogP contribution is -2.41. The molecular weight excluding hydrogens is 343 g/mol. The topological polar surface area (TPSA) is 67.4 Å². The number of ether oxygens (including phenoxy) is 1. The number of fused-ring (bicyclic) bond motifs is 1. The molecule has 1 aliphatic carbocycles. The van der Waals surface area contributed by atoms with Gasteiger partial charge in [-0.15, -0.1) is 11.3 Å². The van der Waals surface area contributed by atoms with Crippen molar-refractivity contribution in [2.75, 3.05) is 7.11 Å². The zero-order valence-electron chi connectivity index (χ0n) is 13.9. The third-order valence-corrected chi connectivity index (χ3v) is 5.42. The first-order valence-corrected chi connectivity index (χ1v) is 8.96. The molecule has 0 saturated heterocycles. The summed E-state index contributed by atoms with van der Waals surface area (Å²) in [5.74, 6) is -1.50. The molecule has 0 spiro atoms. The van der Waals surface area contributed by atoms with E-state index in [4.69, 9.17) is 4.74 Å². The van der Waals surface area contributed by atoms with E-state index in [-0.39, 0.29) is 11.5 Å². The Kier molecular flexibility index (Phi) is 5.33. The summed E-state index contributed by atoms with van der Waals surface area (Å²) in [5, 5.41) is 0. The summed E-state index contributed by atoms with van der Waals surface area (Å²) in [6, 6.07) is 5.80. The average molecular weight is 362 g/mol. The fourth-order valence-corrected chi connectivity index (χ4v) is 3.98. The van der Waals surface area contributed by atoms with Crippen molar-refractivity contribution < 1.29 is 18.7 Å². The van der Waals surface area contributed by atoms with Gasteiger partial charge in [-0.25, -0.2) is 4.39 Å². The highest BCUT2D eigenvalue weighted by Crippen LogP contribution is 2.28. The zero-order valence-corrected chi connectivity index (χ0v) is 14.7. The molecule has 0 saturated carbocycles. The maximum Gasteiger partial charge on any atom is 0.279 e. The van der Waals surface area contributed by atoms with Gasteiger partial charge in [-0.1, -0.05) is 6.42 Å². The molecule has 1 aromatic heterocycles. The van der Waals surface area contributed by atoms with E-state index in [2.05, 4.69) is 10.9 Å². The normalized spacial score (nSPS) is 13.5. The smallest absolute Gasteiger partial charge is 0.279 e. The number of nitrogens with one attached hydrogen (secondary N) is 2. The second kappa shape index (κ2) is 7.65. The van der Waals surface area contributed by atoms with Crippen molar-refractivity contribution in [3.63, 3.8) is 0 Å². The number of hydrogen-bond acceptors (Lipinski definition) is 4. The Hall–Kier alpha value is -2.41. The first kappa shape index (κ1) is 17.4. The molecule has 5 nitrogen and oxygen atoms in total. The lowest BCUT2D eigenvalue weighted by Gasteiger charge is -2.08. The fraction of sp³-hybridized carbons (Fsp3) is 0.333. The second-order valence-electron chi connectivity index (χ2n) is 5.87. The first-order chi connectivity index (χ1) is 12.1. The summed E-state index contributed by atoms with van der Waals surface area (Å²) in [5.41, 5.74) is 5.67. The number of thiophene rings is 1. The second-order valence-corrected chi connectivity index (χ2v) is 7.01. The van der Waals surface area contributed by atoms with Gasteiger partial charge in [-0.2, -0.15) is 0 Å². The quantitative estimate of drug-likeness (QED) is 0.651. The van der Waals surface area contributed by atoms with Crippen molar-refractivity contribution in [1.29, 1.82) is 0 Å². The molecule has 2 aromatic rings. The Bertz CT molecular complexity index is 780. The maximum absolute atomic E-state index is 13.9. The number of methoxy groups -OCH3 is 1. The lowest BCUT2D eigenvalue weighted by atomic mass is 10.1. The first-order valence-electron chi connectivity index (χ1n) is 8.14. The molecule has 2 N–H and O–H groups in total. The third kappa shape index (κ3) is 3.99. The number of aryl methyl sites for hydroxylation is 2. The number of halogens is 1. The molecule has 7 heteroatoms. The minimum Gasteiger partial charge on any atom is -0.497 e. The molecule has 0 radical (unpaired) electrons. The summed E-state index contributed by atoms with van der Waals surface area (Å²) in [4.78, 5) is 26.1. The molecular formula is C18H19FN2O3S. The summed E-state index contributed by atoms with van der Waals surface area (Å²) >= 11 is 1.46. The minimum absolute atomic E-state index is 0.164. The lowest BCUT2D eigenvalue weighted by molar-refractivity contribution is 0.0846. The van der Waals surface area contributed by atoms with E-state index in [0.717, 1.165) is 31.7 Å². The van der Waals surface area contributed by atoms with Crippen molar-refractivity contribution in [2.45, 2.75) is 32.1 Å². The number of carbonyl (C=O) groups excluding carboxylic acids is 2. The van der Waals surface area contributed by atoms with Gasteiger partial charge in [-0.3, -0.25) is 20.4 Å². The molecule has 0 bridgehead atoms. The van der Waals surface area contributed by atoms with Crippen molar-refractivity contribution in [3.05, 3.63) is 51.0 Å². The highest BCUT2D eigenvalue weighted by Gasteiger charge is 2.18. The number of hydrogen-bond donors (Lipinski definition) is 2. The summed E-state index contributed by atoms with van der Waals surface area (Å²) < 4.78 is 18.8. The van der Waals surface area contributed by atoms with Crippen LogP contribution in [0.15, 0.2) is 24.3 Å². The van der Waals surface area contributed by atoms with E-state index in [1.54, 1.807) is 0 Å². The Labute approximate surface area is 149 Å². The van der Waals surface area contributed by atoms with Gasteiger partial charge in [0.2, 0.25) is 0 Å². The van der Waals surface area contributed by atoms with Gasteiger partial charge in [0, 0.05) is 10.9 Å². The van der Waals surface area contributed by atoms with E-state index in [9.17, 15) is 14.0 Å². The minimum atomic E-state index is -0.716. The number of hydrazine groups is 1. The van der Waals surface area contributed by atoms with Crippen LogP contribution in [0.5, 0.6) is 5.75 Å².